The first-order chi connectivity index (χ1) is 18.7. The summed E-state index contributed by atoms with van der Waals surface area (Å²) in [7, 11) is -8.11. The molecule has 214 valence electrons. The second kappa shape index (κ2) is 11.6. The van der Waals surface area contributed by atoms with E-state index in [9.17, 15) is 34.8 Å². The number of carbonyl (C=O) groups is 1. The number of benzene rings is 3. The quantitative estimate of drug-likeness (QED) is 0.319. The number of hydrogen-bond acceptors (Lipinski definition) is 5. The van der Waals surface area contributed by atoms with Crippen molar-refractivity contribution >= 4 is 60.5 Å². The van der Waals surface area contributed by atoms with Gasteiger partial charge in [0.15, 0.2) is 0 Å². The zero-order valence-corrected chi connectivity index (χ0v) is 23.6. The fraction of sp³-hybridized carbons (Fsp3) is 0.240. The fourth-order valence-corrected chi connectivity index (χ4v) is 7.05. The second-order valence-electron chi connectivity index (χ2n) is 8.88. The molecular formula is C25H22Cl2F3N3O5S2. The van der Waals surface area contributed by atoms with E-state index in [-0.39, 0.29) is 31.8 Å². The molecule has 0 unspecified atom stereocenters. The molecular weight excluding hydrogens is 614 g/mol. The number of rotatable bonds is 7. The van der Waals surface area contributed by atoms with Gasteiger partial charge in [0.1, 0.15) is 0 Å². The van der Waals surface area contributed by atoms with Gasteiger partial charge in [0.05, 0.1) is 31.0 Å². The number of hydrogen-bond donors (Lipinski definition) is 2. The number of nitrogens with zero attached hydrogens (tertiary/aromatic N) is 1. The Morgan fingerprint density at radius 1 is 0.775 bits per heavy atom. The smallest absolute Gasteiger partial charge is 0.322 e. The third-order valence-electron chi connectivity index (χ3n) is 6.08. The minimum absolute atomic E-state index is 0.0136. The van der Waals surface area contributed by atoms with Gasteiger partial charge in [-0.3, -0.25) is 9.52 Å². The Morgan fingerprint density at radius 2 is 1.35 bits per heavy atom. The molecule has 0 aliphatic carbocycles. The van der Waals surface area contributed by atoms with E-state index in [4.69, 9.17) is 23.2 Å². The van der Waals surface area contributed by atoms with Crippen LogP contribution in [0.2, 0.25) is 10.0 Å². The molecule has 1 aliphatic rings. The summed E-state index contributed by atoms with van der Waals surface area (Å²) in [6.07, 6.45) is -2.35. The number of halogens is 5. The van der Waals surface area contributed by atoms with Crippen LogP contribution in [0.3, 0.4) is 0 Å². The van der Waals surface area contributed by atoms with Crippen LogP contribution in [0.4, 0.5) is 24.5 Å². The van der Waals surface area contributed by atoms with Crippen molar-refractivity contribution in [2.75, 3.05) is 23.1 Å². The molecule has 3 aromatic carbocycles. The third kappa shape index (κ3) is 6.72. The van der Waals surface area contributed by atoms with Crippen LogP contribution in [0.15, 0.2) is 70.5 Å². The summed E-state index contributed by atoms with van der Waals surface area (Å²) in [5.41, 5.74) is -1.47. The Balaban J connectivity index is 1.50. The average molecular weight is 637 g/mol. The standard InChI is InChI=1S/C25H22Cl2F3N3O5S2/c26-22-11-9-19(40(37,38)33-12-2-1-3-13-33)15-20(22)24(34)31-16-4-7-18(8-5-16)39(35,36)32-17-6-10-23(27)21(14-17)25(28,29)30/h4-11,14-15,32H,1-3,12-13H2,(H,31,34). The first-order valence-electron chi connectivity index (χ1n) is 11.8. The van der Waals surface area contributed by atoms with Crippen molar-refractivity contribution in [2.24, 2.45) is 0 Å². The van der Waals surface area contributed by atoms with Gasteiger partial charge in [-0.05, 0) is 73.5 Å². The highest BCUT2D eigenvalue weighted by atomic mass is 35.5. The Morgan fingerprint density at radius 3 is 1.98 bits per heavy atom. The highest BCUT2D eigenvalue weighted by Crippen LogP contribution is 2.36. The van der Waals surface area contributed by atoms with Gasteiger partial charge in [0, 0.05) is 24.5 Å². The van der Waals surface area contributed by atoms with Crippen LogP contribution in [0.5, 0.6) is 0 Å². The summed E-state index contributed by atoms with van der Waals surface area (Å²) in [5, 5.41) is 1.96. The molecule has 1 heterocycles. The zero-order chi connectivity index (χ0) is 29.3. The summed E-state index contributed by atoms with van der Waals surface area (Å²) in [5.74, 6) is -0.727. The van der Waals surface area contributed by atoms with Gasteiger partial charge in [-0.15, -0.1) is 0 Å². The SMILES string of the molecule is O=C(Nc1ccc(S(=O)(=O)Nc2ccc(Cl)c(C(F)(F)F)c2)cc1)c1cc(S(=O)(=O)N2CCCCC2)ccc1Cl. The van der Waals surface area contributed by atoms with Crippen LogP contribution in [-0.2, 0) is 26.2 Å². The first-order valence-corrected chi connectivity index (χ1v) is 15.5. The van der Waals surface area contributed by atoms with E-state index in [1.165, 1.54) is 34.6 Å². The van der Waals surface area contributed by atoms with E-state index >= 15 is 0 Å². The Labute approximate surface area is 239 Å². The average Bonchev–Trinajstić information content (AvgIpc) is 2.90. The van der Waals surface area contributed by atoms with Gasteiger partial charge in [-0.1, -0.05) is 29.6 Å². The van der Waals surface area contributed by atoms with E-state index < -0.39 is 42.7 Å². The number of anilines is 2. The lowest BCUT2D eigenvalue weighted by Crippen LogP contribution is -2.35. The summed E-state index contributed by atoms with van der Waals surface area (Å²) < 4.78 is 94.2. The molecule has 0 bridgehead atoms. The van der Waals surface area contributed by atoms with Crippen LogP contribution in [-0.4, -0.2) is 40.1 Å². The van der Waals surface area contributed by atoms with Gasteiger partial charge in [0.2, 0.25) is 10.0 Å². The van der Waals surface area contributed by atoms with Crippen molar-refractivity contribution < 1.29 is 34.8 Å². The molecule has 0 atom stereocenters. The van der Waals surface area contributed by atoms with Crippen molar-refractivity contribution in [3.63, 3.8) is 0 Å². The summed E-state index contributed by atoms with van der Waals surface area (Å²) in [4.78, 5) is 12.5. The number of amides is 1. The van der Waals surface area contributed by atoms with E-state index in [0.29, 0.717) is 19.2 Å². The molecule has 0 radical (unpaired) electrons. The van der Waals surface area contributed by atoms with E-state index in [1.54, 1.807) is 0 Å². The monoisotopic (exact) mass is 635 g/mol. The third-order valence-corrected chi connectivity index (χ3v) is 10.0. The van der Waals surface area contributed by atoms with Crippen molar-refractivity contribution in [2.45, 2.75) is 35.2 Å². The van der Waals surface area contributed by atoms with E-state index in [2.05, 4.69) is 10.0 Å². The Kier molecular flexibility index (Phi) is 8.71. The molecule has 0 spiro atoms. The predicted molar refractivity (Wildman–Crippen MR) is 146 cm³/mol. The van der Waals surface area contributed by atoms with E-state index in [1.807, 2.05) is 0 Å². The molecule has 1 aliphatic heterocycles. The largest absolute Gasteiger partial charge is 0.417 e. The van der Waals surface area contributed by atoms with Crippen molar-refractivity contribution in [1.29, 1.82) is 0 Å². The maximum atomic E-state index is 13.1. The maximum Gasteiger partial charge on any atom is 0.417 e. The predicted octanol–water partition coefficient (Wildman–Crippen LogP) is 6.24. The molecule has 1 amide bonds. The molecule has 0 saturated carbocycles. The lowest BCUT2D eigenvalue weighted by atomic mass is 10.2. The Bertz CT molecular complexity index is 1640. The minimum Gasteiger partial charge on any atom is -0.322 e. The maximum absolute atomic E-state index is 13.1. The van der Waals surface area contributed by atoms with Crippen LogP contribution in [0.25, 0.3) is 0 Å². The number of piperidine rings is 1. The highest BCUT2D eigenvalue weighted by Gasteiger charge is 2.34. The molecule has 15 heteroatoms. The Hall–Kier alpha value is -2.84. The summed E-state index contributed by atoms with van der Waals surface area (Å²) >= 11 is 11.7. The van der Waals surface area contributed by atoms with Gasteiger partial charge in [0.25, 0.3) is 15.9 Å². The fourth-order valence-electron chi connectivity index (χ4n) is 4.03. The lowest BCUT2D eigenvalue weighted by molar-refractivity contribution is -0.137. The number of sulfonamides is 2. The number of alkyl halides is 3. The lowest BCUT2D eigenvalue weighted by Gasteiger charge is -2.26. The van der Waals surface area contributed by atoms with Crippen LogP contribution >= 0.6 is 23.2 Å². The number of nitrogens with one attached hydrogen (secondary N) is 2. The molecule has 8 nitrogen and oxygen atoms in total. The summed E-state index contributed by atoms with van der Waals surface area (Å²) in [6.45, 7) is 0.774. The van der Waals surface area contributed by atoms with Crippen LogP contribution in [0, 0.1) is 0 Å². The molecule has 1 saturated heterocycles. The minimum atomic E-state index is -4.78. The van der Waals surface area contributed by atoms with Crippen LogP contribution < -0.4 is 10.0 Å². The molecule has 4 rings (SSSR count). The highest BCUT2D eigenvalue weighted by molar-refractivity contribution is 7.92. The van der Waals surface area contributed by atoms with Gasteiger partial charge < -0.3 is 5.32 Å². The van der Waals surface area contributed by atoms with Gasteiger partial charge in [-0.25, -0.2) is 16.8 Å². The number of carbonyl (C=O) groups excluding carboxylic acids is 1. The molecule has 2 N–H and O–H groups in total. The van der Waals surface area contributed by atoms with Crippen molar-refractivity contribution in [3.8, 4) is 0 Å². The van der Waals surface area contributed by atoms with Gasteiger partial charge in [-0.2, -0.15) is 17.5 Å². The van der Waals surface area contributed by atoms with Crippen molar-refractivity contribution in [3.05, 3.63) is 81.8 Å². The molecule has 0 aromatic heterocycles. The van der Waals surface area contributed by atoms with Gasteiger partial charge >= 0.3 is 6.18 Å². The normalized spacial score (nSPS) is 15.0. The topological polar surface area (TPSA) is 113 Å². The molecule has 3 aromatic rings. The van der Waals surface area contributed by atoms with E-state index in [0.717, 1.165) is 43.5 Å². The van der Waals surface area contributed by atoms with Crippen LogP contribution in [0.1, 0.15) is 35.2 Å². The second-order valence-corrected chi connectivity index (χ2v) is 13.3. The molecule has 40 heavy (non-hydrogen) atoms. The summed E-state index contributed by atoms with van der Waals surface area (Å²) in [6, 6.07) is 11.2. The van der Waals surface area contributed by atoms with Crippen molar-refractivity contribution in [1.82, 2.24) is 4.31 Å². The molecule has 1 fully saturated rings. The first kappa shape index (κ1) is 30.1. The zero-order valence-electron chi connectivity index (χ0n) is 20.5.